The quantitative estimate of drug-likeness (QED) is 0.907. The molecule has 21 heavy (non-hydrogen) atoms. The van der Waals surface area contributed by atoms with Crippen molar-refractivity contribution in [2.75, 3.05) is 18.0 Å². The van der Waals surface area contributed by atoms with Crippen LogP contribution in [0.5, 0.6) is 0 Å². The van der Waals surface area contributed by atoms with Crippen LogP contribution in [0.2, 0.25) is 0 Å². The van der Waals surface area contributed by atoms with Crippen molar-refractivity contribution in [2.24, 2.45) is 5.73 Å². The molecule has 0 fully saturated rings. The second-order valence-electron chi connectivity index (χ2n) is 5.01. The second-order valence-corrected chi connectivity index (χ2v) is 5.01. The molecule has 2 N–H and O–H groups in total. The molecule has 2 rings (SSSR count). The highest BCUT2D eigenvalue weighted by Crippen LogP contribution is 2.30. The lowest BCUT2D eigenvalue weighted by Gasteiger charge is -2.33. The summed E-state index contributed by atoms with van der Waals surface area (Å²) in [5, 5.41) is 0. The third-order valence-corrected chi connectivity index (χ3v) is 3.61. The average molecular weight is 290 g/mol. The fourth-order valence-electron chi connectivity index (χ4n) is 2.58. The summed E-state index contributed by atoms with van der Waals surface area (Å²) in [5.41, 5.74) is 7.75. The number of rotatable bonds is 5. The summed E-state index contributed by atoms with van der Waals surface area (Å²) in [7, 11) is 0. The largest absolute Gasteiger partial charge is 0.361 e. The molecule has 2 aromatic rings. The van der Waals surface area contributed by atoms with E-state index >= 15 is 0 Å². The minimum atomic E-state index is -0.396. The van der Waals surface area contributed by atoms with Crippen LogP contribution in [0.3, 0.4) is 0 Å². The Bertz CT molecular complexity index is 613. The first-order valence-corrected chi connectivity index (χ1v) is 7.05. The summed E-state index contributed by atoms with van der Waals surface area (Å²) in [6.07, 6.45) is 0. The van der Waals surface area contributed by atoms with Gasteiger partial charge in [-0.05, 0) is 32.0 Å². The molecule has 0 aliphatic carbocycles. The van der Waals surface area contributed by atoms with Gasteiger partial charge in [-0.1, -0.05) is 29.8 Å². The molecule has 0 aromatic heterocycles. The van der Waals surface area contributed by atoms with Crippen molar-refractivity contribution in [1.82, 2.24) is 0 Å². The molecule has 1 unspecified atom stereocenters. The molecular formula is C17H20F2N2. The number of nitrogens with two attached hydrogens (primary N) is 1. The van der Waals surface area contributed by atoms with Crippen molar-refractivity contribution >= 4 is 5.69 Å². The number of para-hydroxylation sites is 1. The normalized spacial score (nSPS) is 12.2. The van der Waals surface area contributed by atoms with Gasteiger partial charge in [0.2, 0.25) is 0 Å². The number of nitrogens with zero attached hydrogens (tertiary/aromatic N) is 1. The number of anilines is 1. The van der Waals surface area contributed by atoms with E-state index in [2.05, 4.69) is 0 Å². The fourth-order valence-corrected chi connectivity index (χ4v) is 2.58. The van der Waals surface area contributed by atoms with Gasteiger partial charge in [-0.2, -0.15) is 0 Å². The predicted molar refractivity (Wildman–Crippen MR) is 82.4 cm³/mol. The smallest absolute Gasteiger partial charge is 0.146 e. The highest BCUT2D eigenvalue weighted by Gasteiger charge is 2.23. The van der Waals surface area contributed by atoms with Gasteiger partial charge in [0.25, 0.3) is 0 Å². The van der Waals surface area contributed by atoms with Crippen molar-refractivity contribution in [3.8, 4) is 0 Å². The van der Waals surface area contributed by atoms with E-state index in [4.69, 9.17) is 5.73 Å². The summed E-state index contributed by atoms with van der Waals surface area (Å²) in [6.45, 7) is 4.55. The summed E-state index contributed by atoms with van der Waals surface area (Å²) in [6, 6.07) is 11.0. The Morgan fingerprint density at radius 2 is 1.81 bits per heavy atom. The molecule has 1 atom stereocenters. The zero-order chi connectivity index (χ0) is 15.4. The van der Waals surface area contributed by atoms with E-state index in [1.165, 1.54) is 12.1 Å². The summed E-state index contributed by atoms with van der Waals surface area (Å²) in [4.78, 5) is 1.80. The fraction of sp³-hybridized carbons (Fsp3) is 0.294. The molecule has 0 bridgehead atoms. The zero-order valence-electron chi connectivity index (χ0n) is 12.3. The Hall–Kier alpha value is -1.94. The molecule has 4 heteroatoms. The molecule has 0 saturated heterocycles. The van der Waals surface area contributed by atoms with E-state index in [0.717, 1.165) is 5.56 Å². The highest BCUT2D eigenvalue weighted by molar-refractivity contribution is 5.50. The van der Waals surface area contributed by atoms with Crippen LogP contribution in [0.15, 0.2) is 42.5 Å². The number of hydrogen-bond acceptors (Lipinski definition) is 2. The first-order chi connectivity index (χ1) is 10.1. The topological polar surface area (TPSA) is 29.3 Å². The lowest BCUT2D eigenvalue weighted by atomic mass is 10.0. The summed E-state index contributed by atoms with van der Waals surface area (Å²) in [5.74, 6) is -0.642. The van der Waals surface area contributed by atoms with Crippen LogP contribution in [0.25, 0.3) is 0 Å². The maximum absolute atomic E-state index is 14.1. The third-order valence-electron chi connectivity index (χ3n) is 3.61. The van der Waals surface area contributed by atoms with Crippen LogP contribution in [0, 0.1) is 18.6 Å². The molecule has 112 valence electrons. The molecule has 0 saturated carbocycles. The van der Waals surface area contributed by atoms with Gasteiger partial charge in [0, 0.05) is 18.7 Å². The van der Waals surface area contributed by atoms with E-state index in [-0.39, 0.29) is 18.2 Å². The number of halogens is 2. The van der Waals surface area contributed by atoms with Gasteiger partial charge in [0.05, 0.1) is 11.7 Å². The Morgan fingerprint density at radius 1 is 1.10 bits per heavy atom. The molecule has 0 aliphatic rings. The van der Waals surface area contributed by atoms with Crippen LogP contribution < -0.4 is 10.6 Å². The highest BCUT2D eigenvalue weighted by atomic mass is 19.1. The summed E-state index contributed by atoms with van der Waals surface area (Å²) >= 11 is 0. The second kappa shape index (κ2) is 6.68. The maximum atomic E-state index is 14.1. The van der Waals surface area contributed by atoms with E-state index < -0.39 is 6.04 Å². The minimum Gasteiger partial charge on any atom is -0.361 e. The molecule has 0 radical (unpaired) electrons. The number of likely N-dealkylation sites (N-methyl/N-ethyl adjacent to an activating group) is 1. The van der Waals surface area contributed by atoms with Crippen LogP contribution >= 0.6 is 0 Å². The first kappa shape index (κ1) is 15.4. The first-order valence-electron chi connectivity index (χ1n) is 7.05. The van der Waals surface area contributed by atoms with Crippen LogP contribution in [0.1, 0.15) is 24.1 Å². The van der Waals surface area contributed by atoms with E-state index in [9.17, 15) is 8.78 Å². The van der Waals surface area contributed by atoms with Crippen molar-refractivity contribution in [3.05, 3.63) is 65.2 Å². The molecule has 2 aromatic carbocycles. The van der Waals surface area contributed by atoms with Crippen molar-refractivity contribution in [3.63, 3.8) is 0 Å². The van der Waals surface area contributed by atoms with E-state index in [0.29, 0.717) is 17.8 Å². The molecule has 0 aliphatic heterocycles. The standard InChI is InChI=1S/C17H20F2N2/c1-3-21(16-7-5-4-6-15(16)19)17(11-20)13-10-12(2)8-9-14(13)18/h4-10,17H,3,11,20H2,1-2H3. The number of aryl methyl sites for hydroxylation is 1. The Kier molecular flexibility index (Phi) is 4.91. The number of hydrogen-bond donors (Lipinski definition) is 1. The van der Waals surface area contributed by atoms with E-state index in [1.807, 2.05) is 13.8 Å². The lowest BCUT2D eigenvalue weighted by Crippen LogP contribution is -2.35. The van der Waals surface area contributed by atoms with Crippen molar-refractivity contribution < 1.29 is 8.78 Å². The van der Waals surface area contributed by atoms with Crippen LogP contribution in [-0.2, 0) is 0 Å². The Morgan fingerprint density at radius 3 is 2.43 bits per heavy atom. The SMILES string of the molecule is CCN(c1ccccc1F)C(CN)c1cc(C)ccc1F. The van der Waals surface area contributed by atoms with Crippen LogP contribution in [-0.4, -0.2) is 13.1 Å². The van der Waals surface area contributed by atoms with Crippen molar-refractivity contribution in [1.29, 1.82) is 0 Å². The van der Waals surface area contributed by atoms with Gasteiger partial charge in [-0.15, -0.1) is 0 Å². The van der Waals surface area contributed by atoms with Crippen molar-refractivity contribution in [2.45, 2.75) is 19.9 Å². The monoisotopic (exact) mass is 290 g/mol. The molecule has 0 spiro atoms. The Labute approximate surface area is 124 Å². The maximum Gasteiger partial charge on any atom is 0.146 e. The van der Waals surface area contributed by atoms with Gasteiger partial charge in [0.1, 0.15) is 11.6 Å². The van der Waals surface area contributed by atoms with Crippen LogP contribution in [0.4, 0.5) is 14.5 Å². The average Bonchev–Trinajstić information content (AvgIpc) is 2.48. The molecular weight excluding hydrogens is 270 g/mol. The van der Waals surface area contributed by atoms with E-state index in [1.54, 1.807) is 35.2 Å². The van der Waals surface area contributed by atoms with Gasteiger partial charge in [-0.3, -0.25) is 0 Å². The minimum absolute atomic E-state index is 0.211. The summed E-state index contributed by atoms with van der Waals surface area (Å²) < 4.78 is 28.2. The van der Waals surface area contributed by atoms with Gasteiger partial charge in [-0.25, -0.2) is 8.78 Å². The van der Waals surface area contributed by atoms with Gasteiger partial charge < -0.3 is 10.6 Å². The van der Waals surface area contributed by atoms with Gasteiger partial charge in [0.15, 0.2) is 0 Å². The zero-order valence-corrected chi connectivity index (χ0v) is 12.3. The Balaban J connectivity index is 2.48. The number of benzene rings is 2. The third kappa shape index (κ3) is 3.22. The predicted octanol–water partition coefficient (Wildman–Crippen LogP) is 3.80. The molecule has 2 nitrogen and oxygen atoms in total. The van der Waals surface area contributed by atoms with Gasteiger partial charge >= 0.3 is 0 Å². The lowest BCUT2D eigenvalue weighted by molar-refractivity contribution is 0.549. The molecule has 0 amide bonds. The molecule has 0 heterocycles.